The van der Waals surface area contributed by atoms with Gasteiger partial charge in [-0.15, -0.1) is 0 Å². The molecule has 1 heterocycles. The van der Waals surface area contributed by atoms with Crippen molar-refractivity contribution in [2.75, 3.05) is 5.32 Å². The fourth-order valence-corrected chi connectivity index (χ4v) is 2.07. The van der Waals surface area contributed by atoms with E-state index in [1.165, 1.54) is 24.3 Å². The van der Waals surface area contributed by atoms with Crippen molar-refractivity contribution >= 4 is 23.0 Å². The Morgan fingerprint density at radius 3 is 2.46 bits per heavy atom. The summed E-state index contributed by atoms with van der Waals surface area (Å²) in [6.07, 6.45) is -4.98. The largest absolute Gasteiger partial charge is 0.494 e. The smallest absolute Gasteiger partial charge is 0.471 e. The molecule has 11 heteroatoms. The molecule has 0 bridgehead atoms. The van der Waals surface area contributed by atoms with E-state index in [0.717, 1.165) is 0 Å². The second-order valence-corrected chi connectivity index (χ2v) is 5.01. The van der Waals surface area contributed by atoms with Crippen LogP contribution < -0.4 is 16.6 Å². The second kappa shape index (κ2) is 7.25. The average molecular weight is 370 g/mol. The molecule has 1 amide bonds. The summed E-state index contributed by atoms with van der Waals surface area (Å²) in [5.74, 6) is -2.90. The van der Waals surface area contributed by atoms with Crippen LogP contribution in [0, 0.1) is 0 Å². The maximum absolute atomic E-state index is 12.4. The first-order valence-corrected chi connectivity index (χ1v) is 7.24. The van der Waals surface area contributed by atoms with E-state index in [1.54, 1.807) is 12.2 Å². The number of amides is 1. The lowest BCUT2D eigenvalue weighted by Crippen LogP contribution is -2.30. The average Bonchev–Trinajstić information content (AvgIpc) is 2.53. The van der Waals surface area contributed by atoms with Gasteiger partial charge < -0.3 is 10.4 Å². The molecule has 2 aromatic rings. The Kier molecular flexibility index (Phi) is 5.29. The minimum absolute atomic E-state index is 0.00583. The van der Waals surface area contributed by atoms with Gasteiger partial charge in [-0.1, -0.05) is 19.1 Å². The van der Waals surface area contributed by atoms with E-state index in [0.29, 0.717) is 0 Å². The molecule has 1 aromatic heterocycles. The van der Waals surface area contributed by atoms with Gasteiger partial charge in [0, 0.05) is 0 Å². The van der Waals surface area contributed by atoms with E-state index in [1.807, 2.05) is 9.97 Å². The molecule has 0 aliphatic heterocycles. The molecule has 4 N–H and O–H groups in total. The van der Waals surface area contributed by atoms with Gasteiger partial charge in [0.25, 0.3) is 5.56 Å². The van der Waals surface area contributed by atoms with Crippen LogP contribution in [0.15, 0.2) is 38.8 Å². The Morgan fingerprint density at radius 1 is 1.23 bits per heavy atom. The third-order valence-electron chi connectivity index (χ3n) is 3.21. The Morgan fingerprint density at radius 2 is 1.88 bits per heavy atom. The van der Waals surface area contributed by atoms with Crippen molar-refractivity contribution < 1.29 is 23.1 Å². The number of nitrogens with zero attached hydrogens (tertiary/aromatic N) is 1. The summed E-state index contributed by atoms with van der Waals surface area (Å²) >= 11 is 0. The number of alkyl halides is 3. The Hall–Kier alpha value is -3.37. The number of H-pyrrole nitrogens is 2. The number of benzene rings is 1. The lowest BCUT2D eigenvalue weighted by atomic mass is 10.1. The first-order valence-electron chi connectivity index (χ1n) is 7.24. The minimum atomic E-state index is -5.08. The van der Waals surface area contributed by atoms with Gasteiger partial charge in [-0.05, 0) is 18.6 Å². The molecule has 0 spiro atoms. The maximum atomic E-state index is 12.4. The van der Waals surface area contributed by atoms with Gasteiger partial charge in [-0.3, -0.25) is 24.5 Å². The standard InChI is InChI=1S/C15H13F3N4O4/c1-2-7(10-11(23)21-14(26)22-12(10)24)19-8-5-3-4-6-9(8)20-13(25)15(16,17)18/h3-6H,2H2,1H3,(H,20,25)(H3,21,22,23,24,26). The minimum Gasteiger partial charge on any atom is -0.494 e. The molecule has 0 saturated carbocycles. The zero-order valence-electron chi connectivity index (χ0n) is 13.3. The third kappa shape index (κ3) is 4.18. The van der Waals surface area contributed by atoms with E-state index in [-0.39, 0.29) is 29.1 Å². The Bertz CT molecular complexity index is 976. The highest BCUT2D eigenvalue weighted by Crippen LogP contribution is 2.28. The van der Waals surface area contributed by atoms with Crippen molar-refractivity contribution in [2.24, 2.45) is 4.99 Å². The topological polar surface area (TPSA) is 127 Å². The van der Waals surface area contributed by atoms with Crippen LogP contribution in [0.2, 0.25) is 0 Å². The molecule has 138 valence electrons. The molecule has 0 fully saturated rings. The van der Waals surface area contributed by atoms with Crippen molar-refractivity contribution in [3.63, 3.8) is 0 Å². The number of rotatable bonds is 4. The van der Waals surface area contributed by atoms with Gasteiger partial charge in [0.05, 0.1) is 17.1 Å². The van der Waals surface area contributed by atoms with E-state index >= 15 is 0 Å². The number of aliphatic imine (C=N–C) groups is 1. The SMILES string of the molecule is CCC(=Nc1ccccc1NC(=O)C(F)(F)F)c1c(O)[nH]c(=O)[nH]c1=O. The molecule has 0 saturated heterocycles. The Balaban J connectivity index is 2.53. The molecule has 2 rings (SSSR count). The molecular weight excluding hydrogens is 357 g/mol. The number of aromatic amines is 2. The van der Waals surface area contributed by atoms with Crippen molar-refractivity contribution in [1.29, 1.82) is 0 Å². The van der Waals surface area contributed by atoms with Gasteiger partial charge in [0.15, 0.2) is 0 Å². The normalized spacial score (nSPS) is 12.1. The van der Waals surface area contributed by atoms with Crippen LogP contribution in [-0.2, 0) is 4.79 Å². The number of halogens is 3. The third-order valence-corrected chi connectivity index (χ3v) is 3.21. The molecule has 0 radical (unpaired) electrons. The predicted molar refractivity (Wildman–Crippen MR) is 87.0 cm³/mol. The van der Waals surface area contributed by atoms with Gasteiger partial charge in [-0.25, -0.2) is 4.79 Å². The van der Waals surface area contributed by atoms with Crippen molar-refractivity contribution in [3.8, 4) is 5.88 Å². The number of aromatic nitrogens is 2. The van der Waals surface area contributed by atoms with Crippen LogP contribution in [0.4, 0.5) is 24.5 Å². The van der Waals surface area contributed by atoms with E-state index in [4.69, 9.17) is 0 Å². The van der Waals surface area contributed by atoms with Crippen molar-refractivity contribution in [3.05, 3.63) is 50.7 Å². The van der Waals surface area contributed by atoms with Crippen LogP contribution in [0.1, 0.15) is 18.9 Å². The maximum Gasteiger partial charge on any atom is 0.471 e. The summed E-state index contributed by atoms with van der Waals surface area (Å²) in [5.41, 5.74) is -2.47. The fraction of sp³-hybridized carbons (Fsp3) is 0.200. The molecule has 1 aromatic carbocycles. The van der Waals surface area contributed by atoms with E-state index < -0.39 is 29.2 Å². The zero-order chi connectivity index (χ0) is 19.5. The molecular formula is C15H13F3N4O4. The molecule has 0 aliphatic rings. The van der Waals surface area contributed by atoms with Gasteiger partial charge in [0.1, 0.15) is 5.56 Å². The van der Waals surface area contributed by atoms with E-state index in [2.05, 4.69) is 4.99 Å². The summed E-state index contributed by atoms with van der Waals surface area (Å²) in [6.45, 7) is 1.58. The van der Waals surface area contributed by atoms with Gasteiger partial charge in [-0.2, -0.15) is 13.2 Å². The number of nitrogens with one attached hydrogen (secondary N) is 3. The monoisotopic (exact) mass is 370 g/mol. The van der Waals surface area contributed by atoms with Crippen molar-refractivity contribution in [2.45, 2.75) is 19.5 Å². The summed E-state index contributed by atoms with van der Waals surface area (Å²) in [6, 6.07) is 5.37. The number of carbonyl (C=O) groups is 1. The highest BCUT2D eigenvalue weighted by molar-refractivity contribution is 6.05. The van der Waals surface area contributed by atoms with Crippen LogP contribution in [0.3, 0.4) is 0 Å². The fourth-order valence-electron chi connectivity index (χ4n) is 2.07. The number of aromatic hydroxyl groups is 1. The first-order chi connectivity index (χ1) is 12.1. The summed E-state index contributed by atoms with van der Waals surface area (Å²) in [5, 5.41) is 11.5. The van der Waals surface area contributed by atoms with Crippen LogP contribution in [0.5, 0.6) is 5.88 Å². The van der Waals surface area contributed by atoms with E-state index in [9.17, 15) is 32.7 Å². The molecule has 8 nitrogen and oxygen atoms in total. The van der Waals surface area contributed by atoms with Crippen LogP contribution in [0.25, 0.3) is 0 Å². The van der Waals surface area contributed by atoms with Crippen LogP contribution in [-0.4, -0.2) is 32.9 Å². The second-order valence-electron chi connectivity index (χ2n) is 5.01. The zero-order valence-corrected chi connectivity index (χ0v) is 13.3. The summed E-state index contributed by atoms with van der Waals surface area (Å²) in [7, 11) is 0. The lowest BCUT2D eigenvalue weighted by molar-refractivity contribution is -0.167. The van der Waals surface area contributed by atoms with Gasteiger partial charge >= 0.3 is 17.8 Å². The highest BCUT2D eigenvalue weighted by Gasteiger charge is 2.39. The quantitative estimate of drug-likeness (QED) is 0.612. The molecule has 26 heavy (non-hydrogen) atoms. The number of hydrogen-bond donors (Lipinski definition) is 4. The summed E-state index contributed by atoms with van der Waals surface area (Å²) in [4.78, 5) is 42.2. The summed E-state index contributed by atoms with van der Waals surface area (Å²) < 4.78 is 37.3. The number of para-hydroxylation sites is 2. The molecule has 0 unspecified atom stereocenters. The molecule has 0 aliphatic carbocycles. The van der Waals surface area contributed by atoms with Gasteiger partial charge in [0.2, 0.25) is 5.88 Å². The van der Waals surface area contributed by atoms with Crippen LogP contribution >= 0.6 is 0 Å². The number of hydrogen-bond acceptors (Lipinski definition) is 5. The molecule has 0 atom stereocenters. The number of anilines is 1. The first kappa shape index (κ1) is 19.0. The highest BCUT2D eigenvalue weighted by atomic mass is 19.4. The van der Waals surface area contributed by atoms with Crippen molar-refractivity contribution in [1.82, 2.24) is 9.97 Å². The predicted octanol–water partition coefficient (Wildman–Crippen LogP) is 1.80. The number of carbonyl (C=O) groups excluding carboxylic acids is 1. The lowest BCUT2D eigenvalue weighted by Gasteiger charge is -2.11. The Labute approximate surface area is 143 Å².